The van der Waals surface area contributed by atoms with Crippen LogP contribution in [0.15, 0.2) is 24.5 Å². The van der Waals surface area contributed by atoms with E-state index < -0.39 is 11.8 Å². The van der Waals surface area contributed by atoms with Crippen LogP contribution in [0, 0.1) is 0 Å². The Morgan fingerprint density at radius 2 is 1.90 bits per heavy atom. The monoisotopic (exact) mass is 327 g/mol. The standard InChI is InChI=1S/C12H11Cl2N5O2/c13-8-1-6(2-9(14)11(8)16)12(21)18-7-3-17-19(4-7)5-10(15)20/h1-4H,5,16H2,(H2,15,20)(H,18,21). The number of nitrogens with one attached hydrogen (secondary N) is 1. The van der Waals surface area contributed by atoms with E-state index in [2.05, 4.69) is 10.4 Å². The first-order chi connectivity index (χ1) is 9.86. The van der Waals surface area contributed by atoms with Crippen molar-refractivity contribution in [2.75, 3.05) is 11.1 Å². The molecule has 7 nitrogen and oxygen atoms in total. The highest BCUT2D eigenvalue weighted by molar-refractivity contribution is 6.39. The molecular weight excluding hydrogens is 317 g/mol. The molecule has 2 rings (SSSR count). The van der Waals surface area contributed by atoms with Crippen molar-refractivity contribution < 1.29 is 9.59 Å². The summed E-state index contributed by atoms with van der Waals surface area (Å²) in [5, 5.41) is 6.86. The van der Waals surface area contributed by atoms with Gasteiger partial charge in [-0.05, 0) is 12.1 Å². The lowest BCUT2D eigenvalue weighted by molar-refractivity contribution is -0.118. The molecule has 0 aliphatic heterocycles. The first-order valence-corrected chi connectivity index (χ1v) is 6.49. The van der Waals surface area contributed by atoms with E-state index in [4.69, 9.17) is 34.7 Å². The number of carbonyl (C=O) groups is 2. The molecule has 1 aromatic heterocycles. The average molecular weight is 328 g/mol. The molecule has 0 atom stereocenters. The summed E-state index contributed by atoms with van der Waals surface area (Å²) < 4.78 is 1.31. The van der Waals surface area contributed by atoms with Crippen LogP contribution >= 0.6 is 23.2 Å². The molecule has 5 N–H and O–H groups in total. The highest BCUT2D eigenvalue weighted by Gasteiger charge is 2.12. The van der Waals surface area contributed by atoms with Gasteiger partial charge in [-0.3, -0.25) is 14.3 Å². The zero-order chi connectivity index (χ0) is 15.6. The number of amides is 2. The Morgan fingerprint density at radius 3 is 2.48 bits per heavy atom. The molecular formula is C12H11Cl2N5O2. The molecule has 21 heavy (non-hydrogen) atoms. The second kappa shape index (κ2) is 6.02. The quantitative estimate of drug-likeness (QED) is 0.738. The lowest BCUT2D eigenvalue weighted by Crippen LogP contribution is -2.18. The number of nitrogen functional groups attached to an aromatic ring is 1. The summed E-state index contributed by atoms with van der Waals surface area (Å²) in [5.41, 5.74) is 11.5. The van der Waals surface area contributed by atoms with Crippen molar-refractivity contribution in [1.82, 2.24) is 9.78 Å². The second-order valence-corrected chi connectivity index (χ2v) is 5.01. The molecule has 9 heteroatoms. The van der Waals surface area contributed by atoms with Gasteiger partial charge >= 0.3 is 0 Å². The number of halogens is 2. The van der Waals surface area contributed by atoms with Crippen LogP contribution in [0.5, 0.6) is 0 Å². The zero-order valence-corrected chi connectivity index (χ0v) is 12.1. The number of carbonyl (C=O) groups excluding carboxylic acids is 2. The third-order valence-corrected chi connectivity index (χ3v) is 3.18. The molecule has 0 saturated heterocycles. The van der Waals surface area contributed by atoms with Crippen LogP contribution in [-0.4, -0.2) is 21.6 Å². The number of primary amides is 1. The number of rotatable bonds is 4. The van der Waals surface area contributed by atoms with Crippen molar-refractivity contribution in [3.63, 3.8) is 0 Å². The summed E-state index contributed by atoms with van der Waals surface area (Å²) in [4.78, 5) is 22.8. The van der Waals surface area contributed by atoms with E-state index >= 15 is 0 Å². The summed E-state index contributed by atoms with van der Waals surface area (Å²) in [6.45, 7) is -0.0740. The molecule has 0 bridgehead atoms. The minimum atomic E-state index is -0.534. The lowest BCUT2D eigenvalue weighted by atomic mass is 10.2. The third-order valence-electron chi connectivity index (χ3n) is 2.55. The third kappa shape index (κ3) is 3.65. The van der Waals surface area contributed by atoms with Gasteiger partial charge in [-0.1, -0.05) is 23.2 Å². The smallest absolute Gasteiger partial charge is 0.255 e. The number of hydrogen-bond donors (Lipinski definition) is 3. The number of hydrogen-bond acceptors (Lipinski definition) is 4. The van der Waals surface area contributed by atoms with Crippen LogP contribution in [-0.2, 0) is 11.3 Å². The molecule has 0 aliphatic carbocycles. The van der Waals surface area contributed by atoms with Crippen LogP contribution in [0.4, 0.5) is 11.4 Å². The van der Waals surface area contributed by atoms with Crippen molar-refractivity contribution in [3.8, 4) is 0 Å². The number of aromatic nitrogens is 2. The summed E-state index contributed by atoms with van der Waals surface area (Å²) in [6, 6.07) is 2.82. The molecule has 0 radical (unpaired) electrons. The Hall–Kier alpha value is -2.25. The van der Waals surface area contributed by atoms with Gasteiger partial charge in [-0.15, -0.1) is 0 Å². The Bertz CT molecular complexity index is 690. The van der Waals surface area contributed by atoms with Gasteiger partial charge in [0.2, 0.25) is 5.91 Å². The summed E-state index contributed by atoms with van der Waals surface area (Å²) in [7, 11) is 0. The summed E-state index contributed by atoms with van der Waals surface area (Å²) in [6.07, 6.45) is 2.87. The maximum Gasteiger partial charge on any atom is 0.255 e. The minimum Gasteiger partial charge on any atom is -0.396 e. The summed E-state index contributed by atoms with van der Waals surface area (Å²) >= 11 is 11.7. The Morgan fingerprint density at radius 1 is 1.29 bits per heavy atom. The number of nitrogens with two attached hydrogens (primary N) is 2. The van der Waals surface area contributed by atoms with E-state index in [9.17, 15) is 9.59 Å². The van der Waals surface area contributed by atoms with Crippen LogP contribution in [0.2, 0.25) is 10.0 Å². The van der Waals surface area contributed by atoms with Gasteiger partial charge < -0.3 is 16.8 Å². The molecule has 110 valence electrons. The normalized spacial score (nSPS) is 10.4. The molecule has 1 heterocycles. The predicted octanol–water partition coefficient (Wildman–Crippen LogP) is 1.51. The van der Waals surface area contributed by atoms with Crippen molar-refractivity contribution in [2.45, 2.75) is 6.54 Å². The van der Waals surface area contributed by atoms with Gasteiger partial charge in [0, 0.05) is 11.8 Å². The fraction of sp³-hybridized carbons (Fsp3) is 0.0833. The zero-order valence-electron chi connectivity index (χ0n) is 10.6. The van der Waals surface area contributed by atoms with E-state index in [0.717, 1.165) is 0 Å². The predicted molar refractivity (Wildman–Crippen MR) is 80.2 cm³/mol. The summed E-state index contributed by atoms with van der Waals surface area (Å²) in [5.74, 6) is -0.967. The fourth-order valence-electron chi connectivity index (χ4n) is 1.59. The van der Waals surface area contributed by atoms with E-state index in [-0.39, 0.29) is 27.8 Å². The van der Waals surface area contributed by atoms with E-state index in [0.29, 0.717) is 5.69 Å². The van der Waals surface area contributed by atoms with Gasteiger partial charge in [0.05, 0.1) is 27.6 Å². The Labute approximate surface area is 129 Å². The molecule has 2 amide bonds. The SMILES string of the molecule is NC(=O)Cn1cc(NC(=O)c2cc(Cl)c(N)c(Cl)c2)cn1. The number of anilines is 2. The van der Waals surface area contributed by atoms with Crippen molar-refractivity contribution in [2.24, 2.45) is 5.73 Å². The lowest BCUT2D eigenvalue weighted by Gasteiger charge is -2.06. The topological polar surface area (TPSA) is 116 Å². The van der Waals surface area contributed by atoms with Crippen LogP contribution in [0.25, 0.3) is 0 Å². The molecule has 2 aromatic rings. The van der Waals surface area contributed by atoms with Crippen molar-refractivity contribution >= 4 is 46.4 Å². The van der Waals surface area contributed by atoms with Gasteiger partial charge in [0.15, 0.2) is 0 Å². The first-order valence-electron chi connectivity index (χ1n) is 5.73. The Kier molecular flexibility index (Phi) is 4.35. The van der Waals surface area contributed by atoms with Gasteiger partial charge in [0.25, 0.3) is 5.91 Å². The highest BCUT2D eigenvalue weighted by Crippen LogP contribution is 2.29. The maximum absolute atomic E-state index is 12.1. The first kappa shape index (κ1) is 15.1. The molecule has 0 fully saturated rings. The molecule has 0 saturated carbocycles. The van der Waals surface area contributed by atoms with Crippen LogP contribution in [0.1, 0.15) is 10.4 Å². The van der Waals surface area contributed by atoms with Crippen LogP contribution < -0.4 is 16.8 Å². The maximum atomic E-state index is 12.1. The van der Waals surface area contributed by atoms with Gasteiger partial charge in [0.1, 0.15) is 6.54 Å². The average Bonchev–Trinajstić information content (AvgIpc) is 2.81. The fourth-order valence-corrected chi connectivity index (χ4v) is 2.08. The van der Waals surface area contributed by atoms with Crippen molar-refractivity contribution in [1.29, 1.82) is 0 Å². The Balaban J connectivity index is 2.14. The number of benzene rings is 1. The van der Waals surface area contributed by atoms with Crippen molar-refractivity contribution in [3.05, 3.63) is 40.1 Å². The molecule has 0 aliphatic rings. The number of nitrogens with zero attached hydrogens (tertiary/aromatic N) is 2. The second-order valence-electron chi connectivity index (χ2n) is 4.20. The van der Waals surface area contributed by atoms with E-state index in [1.807, 2.05) is 0 Å². The largest absolute Gasteiger partial charge is 0.396 e. The minimum absolute atomic E-state index is 0.0740. The van der Waals surface area contributed by atoms with E-state index in [1.165, 1.54) is 29.2 Å². The van der Waals surface area contributed by atoms with Crippen LogP contribution in [0.3, 0.4) is 0 Å². The molecule has 0 unspecified atom stereocenters. The van der Waals surface area contributed by atoms with Gasteiger partial charge in [-0.2, -0.15) is 5.10 Å². The molecule has 0 spiro atoms. The van der Waals surface area contributed by atoms with E-state index in [1.54, 1.807) is 0 Å². The molecule has 1 aromatic carbocycles. The highest BCUT2D eigenvalue weighted by atomic mass is 35.5. The van der Waals surface area contributed by atoms with Gasteiger partial charge in [-0.25, -0.2) is 0 Å².